The summed E-state index contributed by atoms with van der Waals surface area (Å²) in [4.78, 5) is 11.2. The van der Waals surface area contributed by atoms with Crippen molar-refractivity contribution in [1.82, 2.24) is 5.17 Å². The molecule has 4 N–H and O–H groups in total. The molecule has 1 rings (SSSR count). The lowest BCUT2D eigenvalue weighted by Crippen LogP contribution is -2.33. The van der Waals surface area contributed by atoms with Crippen LogP contribution < -0.4 is 5.84 Å². The van der Waals surface area contributed by atoms with E-state index in [0.29, 0.717) is 5.56 Å². The van der Waals surface area contributed by atoms with Crippen LogP contribution in [0.25, 0.3) is 0 Å². The van der Waals surface area contributed by atoms with E-state index in [1.807, 2.05) is 0 Å². The predicted molar refractivity (Wildman–Crippen MR) is 50.0 cm³/mol. The van der Waals surface area contributed by atoms with E-state index in [0.717, 1.165) is 0 Å². The van der Waals surface area contributed by atoms with E-state index in [2.05, 4.69) is 0 Å². The summed E-state index contributed by atoms with van der Waals surface area (Å²) in [6.45, 7) is 1.58. The zero-order valence-corrected chi connectivity index (χ0v) is 8.12. The molecule has 1 amide bonds. The number of amides is 1. The maximum absolute atomic E-state index is 11.2. The van der Waals surface area contributed by atoms with Crippen molar-refractivity contribution in [3.63, 3.8) is 0 Å². The first-order valence-corrected chi connectivity index (χ1v) is 4.08. The summed E-state index contributed by atoms with van der Waals surface area (Å²) in [5, 5.41) is 18.0. The summed E-state index contributed by atoms with van der Waals surface area (Å²) >= 11 is 5.62. The topological polar surface area (TPSA) is 86.8 Å². The third-order valence-corrected chi connectivity index (χ3v) is 2.00. The average molecular weight is 217 g/mol. The molecule has 1 aromatic rings. The molecule has 0 saturated carbocycles. The van der Waals surface area contributed by atoms with Gasteiger partial charge in [0.05, 0.1) is 5.02 Å². The number of nitrogens with two attached hydrogens (primary N) is 1. The molecule has 76 valence electrons. The van der Waals surface area contributed by atoms with Gasteiger partial charge >= 0.3 is 0 Å². The fourth-order valence-electron chi connectivity index (χ4n) is 0.992. The smallest absolute Gasteiger partial charge is 0.292 e. The summed E-state index contributed by atoms with van der Waals surface area (Å²) in [5.74, 6) is 3.95. The molecule has 0 heterocycles. The molecule has 0 aliphatic rings. The van der Waals surface area contributed by atoms with Crippen LogP contribution in [-0.2, 0) is 0 Å². The zero-order chi connectivity index (χ0) is 10.9. The van der Waals surface area contributed by atoms with Gasteiger partial charge in [-0.1, -0.05) is 11.6 Å². The van der Waals surface area contributed by atoms with E-state index in [1.165, 1.54) is 12.1 Å². The number of benzene rings is 1. The van der Waals surface area contributed by atoms with Crippen molar-refractivity contribution in [1.29, 1.82) is 0 Å². The van der Waals surface area contributed by atoms with Crippen LogP contribution in [-0.4, -0.2) is 21.4 Å². The Labute approximate surface area is 85.2 Å². The Hall–Kier alpha value is -1.30. The number of carbonyl (C=O) groups is 1. The molecule has 0 spiro atoms. The Bertz CT molecular complexity index is 356. The molecule has 0 atom stereocenters. The van der Waals surface area contributed by atoms with Crippen molar-refractivity contribution in [2.45, 2.75) is 6.92 Å². The van der Waals surface area contributed by atoms with E-state index in [9.17, 15) is 9.90 Å². The van der Waals surface area contributed by atoms with Crippen LogP contribution in [0.1, 0.15) is 15.9 Å². The van der Waals surface area contributed by atoms with Crippen molar-refractivity contribution in [2.75, 3.05) is 0 Å². The lowest BCUT2D eigenvalue weighted by Gasteiger charge is -2.09. The first kappa shape index (κ1) is 10.8. The molecule has 0 aromatic heterocycles. The van der Waals surface area contributed by atoms with Crippen molar-refractivity contribution < 1.29 is 15.1 Å². The van der Waals surface area contributed by atoms with Gasteiger partial charge in [-0.3, -0.25) is 10.0 Å². The number of halogens is 1. The fourth-order valence-corrected chi connectivity index (χ4v) is 1.26. The van der Waals surface area contributed by atoms with E-state index in [1.54, 1.807) is 6.92 Å². The van der Waals surface area contributed by atoms with Gasteiger partial charge in [0.25, 0.3) is 5.91 Å². The third-order valence-electron chi connectivity index (χ3n) is 1.71. The van der Waals surface area contributed by atoms with Crippen LogP contribution in [0, 0.1) is 6.92 Å². The Kier molecular flexibility index (Phi) is 2.95. The van der Waals surface area contributed by atoms with Gasteiger partial charge in [0.2, 0.25) is 0 Å². The molecular weight excluding hydrogens is 208 g/mol. The number of aromatic hydroxyl groups is 1. The van der Waals surface area contributed by atoms with Gasteiger partial charge in [-0.15, -0.1) is 5.17 Å². The average Bonchev–Trinajstić information content (AvgIpc) is 2.12. The quantitative estimate of drug-likeness (QED) is 0.284. The van der Waals surface area contributed by atoms with E-state index >= 15 is 0 Å². The molecule has 0 saturated heterocycles. The van der Waals surface area contributed by atoms with Gasteiger partial charge in [0.15, 0.2) is 0 Å². The summed E-state index contributed by atoms with van der Waals surface area (Å²) in [6.07, 6.45) is 0. The zero-order valence-electron chi connectivity index (χ0n) is 7.36. The molecule has 14 heavy (non-hydrogen) atoms. The molecule has 0 radical (unpaired) electrons. The highest BCUT2D eigenvalue weighted by Gasteiger charge is 2.13. The van der Waals surface area contributed by atoms with Crippen LogP contribution in [0.5, 0.6) is 5.75 Å². The minimum Gasteiger partial charge on any atom is -0.506 e. The highest BCUT2D eigenvalue weighted by Crippen LogP contribution is 2.28. The Balaban J connectivity index is 3.19. The van der Waals surface area contributed by atoms with Crippen molar-refractivity contribution >= 4 is 17.5 Å². The second-order valence-corrected chi connectivity index (χ2v) is 3.18. The fraction of sp³-hybridized carbons (Fsp3) is 0.125. The summed E-state index contributed by atoms with van der Waals surface area (Å²) in [7, 11) is 0. The maximum Gasteiger partial charge on any atom is 0.292 e. The number of hydrogen-bond donors (Lipinski definition) is 3. The summed E-state index contributed by atoms with van der Waals surface area (Å²) < 4.78 is 0. The summed E-state index contributed by atoms with van der Waals surface area (Å²) in [6, 6.07) is 2.60. The number of nitrogens with zero attached hydrogens (tertiary/aromatic N) is 1. The summed E-state index contributed by atoms with van der Waals surface area (Å²) in [5.41, 5.74) is 0.540. The first-order valence-electron chi connectivity index (χ1n) is 3.70. The Morgan fingerprint density at radius 1 is 1.57 bits per heavy atom. The van der Waals surface area contributed by atoms with Crippen LogP contribution in [0.15, 0.2) is 12.1 Å². The third kappa shape index (κ3) is 1.95. The van der Waals surface area contributed by atoms with Crippen molar-refractivity contribution in [2.24, 2.45) is 5.84 Å². The minimum absolute atomic E-state index is 0.0372. The highest BCUT2D eigenvalue weighted by molar-refractivity contribution is 6.32. The van der Waals surface area contributed by atoms with Crippen LogP contribution in [0.4, 0.5) is 0 Å². The molecule has 1 aromatic carbocycles. The lowest BCUT2D eigenvalue weighted by molar-refractivity contribution is -0.0595. The SMILES string of the molecule is Cc1cc(C(=O)N(N)O)cc(Cl)c1O. The van der Waals surface area contributed by atoms with Crippen molar-refractivity contribution in [3.8, 4) is 5.75 Å². The largest absolute Gasteiger partial charge is 0.506 e. The van der Waals surface area contributed by atoms with E-state index in [4.69, 9.17) is 22.7 Å². The molecule has 0 unspecified atom stereocenters. The second kappa shape index (κ2) is 3.83. The number of carbonyl (C=O) groups excluding carboxylic acids is 1. The monoisotopic (exact) mass is 216 g/mol. The number of phenols is 1. The Morgan fingerprint density at radius 2 is 2.14 bits per heavy atom. The normalized spacial score (nSPS) is 10.0. The standard InChI is InChI=1S/C8H9ClN2O3/c1-4-2-5(8(13)11(10)14)3-6(9)7(4)12/h2-3,12,14H,10H2,1H3. The molecule has 0 aliphatic carbocycles. The highest BCUT2D eigenvalue weighted by atomic mass is 35.5. The number of hydroxylamine groups is 1. The van der Waals surface area contributed by atoms with E-state index in [-0.39, 0.29) is 21.5 Å². The number of phenolic OH excluding ortho intramolecular Hbond substituents is 1. The first-order chi connectivity index (χ1) is 6.43. The van der Waals surface area contributed by atoms with Crippen LogP contribution in [0.3, 0.4) is 0 Å². The van der Waals surface area contributed by atoms with Gasteiger partial charge in [-0.2, -0.15) is 0 Å². The minimum atomic E-state index is -0.796. The molecule has 6 heteroatoms. The van der Waals surface area contributed by atoms with E-state index < -0.39 is 5.91 Å². The number of rotatable bonds is 1. The van der Waals surface area contributed by atoms with Crippen molar-refractivity contribution in [3.05, 3.63) is 28.3 Å². The van der Waals surface area contributed by atoms with Gasteiger partial charge in [0, 0.05) is 5.56 Å². The van der Waals surface area contributed by atoms with Gasteiger partial charge in [-0.05, 0) is 24.6 Å². The molecule has 5 nitrogen and oxygen atoms in total. The predicted octanol–water partition coefficient (Wildman–Crippen LogP) is 1.06. The Morgan fingerprint density at radius 3 is 2.57 bits per heavy atom. The molecular formula is C8H9ClN2O3. The van der Waals surface area contributed by atoms with Gasteiger partial charge in [0.1, 0.15) is 5.75 Å². The number of aryl methyl sites for hydroxylation is 1. The number of hydrogen-bond acceptors (Lipinski definition) is 4. The molecule has 0 fully saturated rings. The van der Waals surface area contributed by atoms with Gasteiger partial charge < -0.3 is 5.11 Å². The van der Waals surface area contributed by atoms with Crippen LogP contribution >= 0.6 is 11.6 Å². The maximum atomic E-state index is 11.2. The lowest BCUT2D eigenvalue weighted by atomic mass is 10.1. The van der Waals surface area contributed by atoms with Gasteiger partial charge in [-0.25, -0.2) is 5.84 Å². The molecule has 0 bridgehead atoms. The number of hydrazine groups is 1. The second-order valence-electron chi connectivity index (χ2n) is 2.77. The molecule has 0 aliphatic heterocycles. The van der Waals surface area contributed by atoms with Crippen LogP contribution in [0.2, 0.25) is 5.02 Å².